The molecule has 1 amide bonds. The van der Waals surface area contributed by atoms with Crippen molar-refractivity contribution in [3.05, 3.63) is 146 Å². The molecule has 0 aromatic carbocycles. The summed E-state index contributed by atoms with van der Waals surface area (Å²) in [5, 5.41) is 3.05. The number of rotatable bonds is 60. The number of nitrogens with one attached hydrogen (secondary N) is 1. The summed E-state index contributed by atoms with van der Waals surface area (Å²) in [5.41, 5.74) is 0. The fourth-order valence-electron chi connectivity index (χ4n) is 9.09. The normalized spacial score (nSPS) is 14.5. The van der Waals surface area contributed by atoms with Crippen LogP contribution in [-0.2, 0) is 27.9 Å². The molecule has 85 heavy (non-hydrogen) atoms. The van der Waals surface area contributed by atoms with Gasteiger partial charge >= 0.3 is 13.8 Å². The lowest BCUT2D eigenvalue weighted by atomic mass is 10.1. The van der Waals surface area contributed by atoms with Gasteiger partial charge in [-0.15, -0.1) is 0 Å². The summed E-state index contributed by atoms with van der Waals surface area (Å²) in [6.07, 6.45) is 91.4. The Kier molecular flexibility index (Phi) is 59.9. The smallest absolute Gasteiger partial charge is 0.456 e. The van der Waals surface area contributed by atoms with Crippen molar-refractivity contribution in [3.63, 3.8) is 0 Å². The van der Waals surface area contributed by atoms with Crippen LogP contribution >= 0.6 is 7.82 Å². The number of hydrogen-bond donors (Lipinski definition) is 2. The number of allylic oxidation sites excluding steroid dienone is 23. The highest BCUT2D eigenvalue weighted by Gasteiger charge is 2.30. The van der Waals surface area contributed by atoms with Crippen LogP contribution in [0.1, 0.15) is 265 Å². The van der Waals surface area contributed by atoms with Crippen molar-refractivity contribution in [2.75, 3.05) is 40.9 Å². The van der Waals surface area contributed by atoms with E-state index in [1.807, 2.05) is 33.3 Å². The predicted octanol–water partition coefficient (Wildman–Crippen LogP) is 21.8. The van der Waals surface area contributed by atoms with Gasteiger partial charge in [0.15, 0.2) is 0 Å². The lowest BCUT2D eigenvalue weighted by molar-refractivity contribution is -0.870. The fraction of sp³-hybridized carbons (Fsp3) is 0.653. The molecule has 0 saturated heterocycles. The van der Waals surface area contributed by atoms with E-state index >= 15 is 0 Å². The monoisotopic (exact) mass is 1200 g/mol. The minimum atomic E-state index is -4.47. The van der Waals surface area contributed by atoms with Gasteiger partial charge in [-0.3, -0.25) is 18.6 Å². The SMILES string of the molecule is CC/C=C\C/C=C\C/C=C\C/C=C\C/C=C\C/C=C\CCCCCCCCCCC(=O)OC(/C=C\CCCCCCCCCCC)C(COP(=O)(O)OCC[N+](C)(C)C)NC(=O)CCCCCCC/C=C\C/C=C\C/C=C\C/C=C\C/C=C\CC. The van der Waals surface area contributed by atoms with Gasteiger partial charge in [-0.25, -0.2) is 4.57 Å². The van der Waals surface area contributed by atoms with Gasteiger partial charge < -0.3 is 19.4 Å². The number of esters is 1. The summed E-state index contributed by atoms with van der Waals surface area (Å²) >= 11 is 0. The second kappa shape index (κ2) is 62.9. The standard InChI is InChI=1S/C75H127N2O7P/c1-7-10-13-16-19-22-25-27-29-31-33-35-36-37-38-39-40-42-44-46-48-50-53-56-59-62-65-68-75(79)84-73(66-63-60-57-54-51-24-21-18-15-12-9-3)72(71-83-85(80,81)82-70-69-77(4,5)6)76-74(78)67-64-61-58-55-52-49-47-45-43-41-34-32-30-28-26-23-20-17-14-11-8-2/h10-11,13-14,19-20,22-23,27-30,33-35,37-38,40-42,45,47,63,66,72-73H,7-9,12,15-18,21,24-26,31-32,36,39,43-44,46,48-62,64-65,67-71H2,1-6H3,(H-,76,78,80,81)/p+1/b13-10-,14-11-,22-19-,23-20-,29-27-,30-28-,35-33-,38-37-,41-34-,42-40-,47-45-,66-63-. The van der Waals surface area contributed by atoms with Gasteiger partial charge in [0.2, 0.25) is 5.91 Å². The molecule has 0 radical (unpaired) electrons. The van der Waals surface area contributed by atoms with E-state index in [9.17, 15) is 19.0 Å². The van der Waals surface area contributed by atoms with Gasteiger partial charge in [-0.1, -0.05) is 270 Å². The predicted molar refractivity (Wildman–Crippen MR) is 369 cm³/mol. The Bertz CT molecular complexity index is 1960. The Morgan fingerprint density at radius 3 is 1.13 bits per heavy atom. The highest BCUT2D eigenvalue weighted by Crippen LogP contribution is 2.43. The van der Waals surface area contributed by atoms with E-state index < -0.39 is 20.0 Å². The molecule has 0 fully saturated rings. The number of quaternary nitrogens is 1. The second-order valence-electron chi connectivity index (χ2n) is 23.6. The zero-order valence-electron chi connectivity index (χ0n) is 55.3. The van der Waals surface area contributed by atoms with Crippen molar-refractivity contribution in [1.82, 2.24) is 5.32 Å². The number of phosphoric ester groups is 1. The molecule has 0 aromatic heterocycles. The topological polar surface area (TPSA) is 111 Å². The van der Waals surface area contributed by atoms with Gasteiger partial charge in [0.1, 0.15) is 19.3 Å². The number of nitrogens with zero attached hydrogens (tertiary/aromatic N) is 1. The van der Waals surface area contributed by atoms with Crippen LogP contribution in [0.4, 0.5) is 0 Å². The van der Waals surface area contributed by atoms with Gasteiger partial charge in [0.05, 0.1) is 33.8 Å². The molecule has 0 aliphatic heterocycles. The fourth-order valence-corrected chi connectivity index (χ4v) is 9.82. The molecule has 484 valence electrons. The van der Waals surface area contributed by atoms with Crippen LogP contribution < -0.4 is 5.32 Å². The maximum Gasteiger partial charge on any atom is 0.472 e. The van der Waals surface area contributed by atoms with Crippen LogP contribution in [0.5, 0.6) is 0 Å². The average molecular weight is 1200 g/mol. The van der Waals surface area contributed by atoms with Crippen LogP contribution in [0, 0.1) is 0 Å². The lowest BCUT2D eigenvalue weighted by Crippen LogP contribution is -2.47. The van der Waals surface area contributed by atoms with Gasteiger partial charge in [0.25, 0.3) is 0 Å². The lowest BCUT2D eigenvalue weighted by Gasteiger charge is -2.27. The van der Waals surface area contributed by atoms with Crippen LogP contribution in [0.25, 0.3) is 0 Å². The van der Waals surface area contributed by atoms with Gasteiger partial charge in [0, 0.05) is 12.8 Å². The maximum atomic E-state index is 13.6. The number of hydrogen-bond acceptors (Lipinski definition) is 6. The summed E-state index contributed by atoms with van der Waals surface area (Å²) < 4.78 is 30.7. The molecule has 0 bridgehead atoms. The van der Waals surface area contributed by atoms with Crippen LogP contribution in [0.2, 0.25) is 0 Å². The third-order valence-electron chi connectivity index (χ3n) is 14.3. The van der Waals surface area contributed by atoms with E-state index in [1.54, 1.807) is 0 Å². The first-order valence-electron chi connectivity index (χ1n) is 34.2. The molecule has 3 unspecified atom stereocenters. The van der Waals surface area contributed by atoms with Crippen molar-refractivity contribution in [3.8, 4) is 0 Å². The Morgan fingerprint density at radius 1 is 0.424 bits per heavy atom. The van der Waals surface area contributed by atoms with E-state index in [0.29, 0.717) is 17.4 Å². The van der Waals surface area contributed by atoms with Crippen molar-refractivity contribution < 1.29 is 37.3 Å². The molecule has 10 heteroatoms. The molecule has 0 aliphatic carbocycles. The average Bonchev–Trinajstić information content (AvgIpc) is 3.59. The maximum absolute atomic E-state index is 13.6. The van der Waals surface area contributed by atoms with Crippen LogP contribution in [0.3, 0.4) is 0 Å². The molecular weight excluding hydrogens is 1070 g/mol. The van der Waals surface area contributed by atoms with Crippen molar-refractivity contribution in [2.24, 2.45) is 0 Å². The number of carbonyl (C=O) groups is 2. The summed E-state index contributed by atoms with van der Waals surface area (Å²) in [6, 6.07) is -0.874. The van der Waals surface area contributed by atoms with E-state index in [-0.39, 0.29) is 31.5 Å². The van der Waals surface area contributed by atoms with Gasteiger partial charge in [-0.2, -0.15) is 0 Å². The third-order valence-corrected chi connectivity index (χ3v) is 15.3. The summed E-state index contributed by atoms with van der Waals surface area (Å²) in [4.78, 5) is 37.8. The van der Waals surface area contributed by atoms with Crippen LogP contribution in [0.15, 0.2) is 146 Å². The Labute approximate surface area is 523 Å². The molecule has 0 spiro atoms. The quantitative estimate of drug-likeness (QED) is 0.0205. The first-order chi connectivity index (χ1) is 41.4. The van der Waals surface area contributed by atoms with Crippen LogP contribution in [-0.4, -0.2) is 74.3 Å². The van der Waals surface area contributed by atoms with Crippen molar-refractivity contribution >= 4 is 19.7 Å². The zero-order valence-corrected chi connectivity index (χ0v) is 56.2. The molecular formula is C75H128N2O7P+. The molecule has 3 atom stereocenters. The summed E-state index contributed by atoms with van der Waals surface area (Å²) in [5.74, 6) is -0.546. The van der Waals surface area contributed by atoms with E-state index in [4.69, 9.17) is 13.8 Å². The van der Waals surface area contributed by atoms with E-state index in [0.717, 1.165) is 161 Å². The number of unbranched alkanes of at least 4 members (excludes halogenated alkanes) is 22. The minimum Gasteiger partial charge on any atom is -0.456 e. The number of phosphoric acid groups is 1. The number of likely N-dealkylation sites (N-methyl/N-ethyl adjacent to an activating group) is 1. The molecule has 0 rings (SSSR count). The molecule has 0 aliphatic rings. The number of amides is 1. The summed E-state index contributed by atoms with van der Waals surface area (Å²) in [7, 11) is 1.46. The minimum absolute atomic E-state index is 0.0265. The second-order valence-corrected chi connectivity index (χ2v) is 25.0. The van der Waals surface area contributed by atoms with Crippen molar-refractivity contribution in [1.29, 1.82) is 0 Å². The zero-order chi connectivity index (χ0) is 62.1. The first kappa shape index (κ1) is 80.9. The van der Waals surface area contributed by atoms with E-state index in [2.05, 4.69) is 160 Å². The Hall–Kier alpha value is -4.11. The largest absolute Gasteiger partial charge is 0.472 e. The highest BCUT2D eigenvalue weighted by molar-refractivity contribution is 7.47. The number of carbonyl (C=O) groups excluding carboxylic acids is 2. The molecule has 2 N–H and O–H groups in total. The highest BCUT2D eigenvalue weighted by atomic mass is 31.2. The molecule has 9 nitrogen and oxygen atoms in total. The van der Waals surface area contributed by atoms with Gasteiger partial charge in [-0.05, 0) is 128 Å². The van der Waals surface area contributed by atoms with Crippen molar-refractivity contribution in [2.45, 2.75) is 277 Å². The Morgan fingerprint density at radius 2 is 0.753 bits per heavy atom. The van der Waals surface area contributed by atoms with E-state index in [1.165, 1.54) is 70.6 Å². The molecule has 0 aromatic rings. The molecule has 0 saturated carbocycles. The molecule has 0 heterocycles. The third kappa shape index (κ3) is 64.2. The number of ether oxygens (including phenoxy) is 1. The Balaban J connectivity index is 5.14. The summed E-state index contributed by atoms with van der Waals surface area (Å²) in [6.45, 7) is 6.75. The first-order valence-corrected chi connectivity index (χ1v) is 35.7.